The van der Waals surface area contributed by atoms with E-state index in [9.17, 15) is 0 Å². The van der Waals surface area contributed by atoms with Crippen LogP contribution < -0.4 is 4.74 Å². The Morgan fingerprint density at radius 3 is 2.50 bits per heavy atom. The number of hydrogen-bond acceptors (Lipinski definition) is 3. The lowest BCUT2D eigenvalue weighted by molar-refractivity contribution is 0.288. The average Bonchev–Trinajstić information content (AvgIpc) is 2.90. The molecular formula is C19H20Cl3N3O. The highest BCUT2D eigenvalue weighted by Gasteiger charge is 2.13. The van der Waals surface area contributed by atoms with Crippen molar-refractivity contribution in [2.45, 2.75) is 19.6 Å². The van der Waals surface area contributed by atoms with Gasteiger partial charge in [-0.2, -0.15) is 0 Å². The summed E-state index contributed by atoms with van der Waals surface area (Å²) in [5.41, 5.74) is 1.91. The quantitative estimate of drug-likeness (QED) is 0.511. The van der Waals surface area contributed by atoms with Crippen molar-refractivity contribution >= 4 is 45.8 Å². The number of nitrogens with zero attached hydrogens (tertiary/aromatic N) is 3. The van der Waals surface area contributed by atoms with Crippen molar-refractivity contribution in [1.29, 1.82) is 0 Å². The van der Waals surface area contributed by atoms with Crippen LogP contribution in [0.15, 0.2) is 36.4 Å². The summed E-state index contributed by atoms with van der Waals surface area (Å²) in [5, 5.41) is 1.73. The van der Waals surface area contributed by atoms with E-state index in [1.54, 1.807) is 18.2 Å². The highest BCUT2D eigenvalue weighted by molar-refractivity contribution is 6.35. The first kappa shape index (κ1) is 19.3. The smallest absolute Gasteiger partial charge is 0.148 e. The molecule has 1 aromatic heterocycles. The molecule has 3 rings (SSSR count). The fourth-order valence-corrected chi connectivity index (χ4v) is 3.42. The standard InChI is InChI=1S/C19H20Cl3N3O/c1-24(2)8-3-9-25-17-6-4-14(21)11-16(17)23-19(25)12-26-18-7-5-13(20)10-15(18)22/h4-7,10-11H,3,8-9,12H2,1-2H3. The SMILES string of the molecule is CN(C)CCCn1c(COc2ccc(Cl)cc2Cl)nc2cc(Cl)ccc21. The van der Waals surface area contributed by atoms with Gasteiger partial charge >= 0.3 is 0 Å². The second-order valence-electron chi connectivity index (χ2n) is 6.33. The molecule has 7 heteroatoms. The van der Waals surface area contributed by atoms with Gasteiger partial charge in [-0.3, -0.25) is 0 Å². The predicted octanol–water partition coefficient (Wildman–Crippen LogP) is 5.53. The first-order chi connectivity index (χ1) is 12.4. The summed E-state index contributed by atoms with van der Waals surface area (Å²) in [7, 11) is 4.14. The van der Waals surface area contributed by atoms with E-state index < -0.39 is 0 Å². The van der Waals surface area contributed by atoms with Crippen LogP contribution in [-0.4, -0.2) is 35.1 Å². The first-order valence-electron chi connectivity index (χ1n) is 8.31. The van der Waals surface area contributed by atoms with Crippen LogP contribution >= 0.6 is 34.8 Å². The number of halogens is 3. The fourth-order valence-electron chi connectivity index (χ4n) is 2.79. The normalized spacial score (nSPS) is 11.5. The lowest BCUT2D eigenvalue weighted by Crippen LogP contribution is -2.16. The molecule has 0 saturated carbocycles. The number of hydrogen-bond donors (Lipinski definition) is 0. The lowest BCUT2D eigenvalue weighted by Gasteiger charge is -2.13. The van der Waals surface area contributed by atoms with Gasteiger partial charge in [-0.25, -0.2) is 4.98 Å². The van der Waals surface area contributed by atoms with E-state index in [1.807, 2.05) is 18.2 Å². The predicted molar refractivity (Wildman–Crippen MR) is 109 cm³/mol. The Kier molecular flexibility index (Phi) is 6.30. The monoisotopic (exact) mass is 411 g/mol. The van der Waals surface area contributed by atoms with Gasteiger partial charge in [-0.05, 0) is 63.5 Å². The maximum atomic E-state index is 6.19. The molecule has 1 heterocycles. The number of ether oxygens (including phenoxy) is 1. The summed E-state index contributed by atoms with van der Waals surface area (Å²) in [6.45, 7) is 2.16. The molecule has 26 heavy (non-hydrogen) atoms. The van der Waals surface area contributed by atoms with Gasteiger partial charge < -0.3 is 14.2 Å². The van der Waals surface area contributed by atoms with Gasteiger partial charge in [0, 0.05) is 16.6 Å². The summed E-state index contributed by atoms with van der Waals surface area (Å²) >= 11 is 18.2. The highest BCUT2D eigenvalue weighted by atomic mass is 35.5. The van der Waals surface area contributed by atoms with Gasteiger partial charge in [-0.1, -0.05) is 34.8 Å². The zero-order valence-corrected chi connectivity index (χ0v) is 16.9. The van der Waals surface area contributed by atoms with Crippen molar-refractivity contribution in [2.24, 2.45) is 0 Å². The summed E-state index contributed by atoms with van der Waals surface area (Å²) in [6, 6.07) is 10.9. The van der Waals surface area contributed by atoms with E-state index in [4.69, 9.17) is 44.5 Å². The second-order valence-corrected chi connectivity index (χ2v) is 7.61. The third-order valence-electron chi connectivity index (χ3n) is 4.03. The van der Waals surface area contributed by atoms with Crippen LogP contribution in [0.5, 0.6) is 5.75 Å². The first-order valence-corrected chi connectivity index (χ1v) is 9.44. The minimum absolute atomic E-state index is 0.315. The number of imidazole rings is 1. The minimum Gasteiger partial charge on any atom is -0.484 e. The highest BCUT2D eigenvalue weighted by Crippen LogP contribution is 2.29. The van der Waals surface area contributed by atoms with Gasteiger partial charge in [0.05, 0.1) is 16.1 Å². The third kappa shape index (κ3) is 4.63. The molecule has 0 atom stereocenters. The number of fused-ring (bicyclic) bond motifs is 1. The van der Waals surface area contributed by atoms with E-state index in [0.717, 1.165) is 36.4 Å². The molecule has 0 radical (unpaired) electrons. The number of aromatic nitrogens is 2. The molecule has 0 aliphatic carbocycles. The molecule has 0 fully saturated rings. The molecule has 0 unspecified atom stereocenters. The van der Waals surface area contributed by atoms with Gasteiger partial charge in [0.1, 0.15) is 18.2 Å². The summed E-state index contributed by atoms with van der Waals surface area (Å²) in [6.07, 6.45) is 1.01. The van der Waals surface area contributed by atoms with Crippen LogP contribution in [0.25, 0.3) is 11.0 Å². The van der Waals surface area contributed by atoms with Crippen molar-refractivity contribution in [3.63, 3.8) is 0 Å². The van der Waals surface area contributed by atoms with Gasteiger partial charge in [-0.15, -0.1) is 0 Å². The zero-order valence-electron chi connectivity index (χ0n) is 14.7. The van der Waals surface area contributed by atoms with Crippen molar-refractivity contribution in [3.8, 4) is 5.75 Å². The number of benzene rings is 2. The largest absolute Gasteiger partial charge is 0.484 e. The molecule has 0 saturated heterocycles. The molecule has 0 aliphatic heterocycles. The Balaban J connectivity index is 1.85. The molecule has 0 spiro atoms. The molecule has 138 valence electrons. The summed E-state index contributed by atoms with van der Waals surface area (Å²) in [4.78, 5) is 6.87. The third-order valence-corrected chi connectivity index (χ3v) is 4.79. The zero-order chi connectivity index (χ0) is 18.7. The molecule has 0 aliphatic rings. The van der Waals surface area contributed by atoms with Crippen molar-refractivity contribution in [1.82, 2.24) is 14.5 Å². The average molecular weight is 413 g/mol. The maximum absolute atomic E-state index is 6.19. The van der Waals surface area contributed by atoms with E-state index in [0.29, 0.717) is 27.4 Å². The number of aryl methyl sites for hydroxylation is 1. The Labute approximate surface area is 168 Å². The Morgan fingerprint density at radius 1 is 1.04 bits per heavy atom. The Hall–Kier alpha value is -1.46. The fraction of sp³-hybridized carbons (Fsp3) is 0.316. The van der Waals surface area contributed by atoms with Crippen LogP contribution in [0.2, 0.25) is 15.1 Å². The van der Waals surface area contributed by atoms with Crippen LogP contribution in [0, 0.1) is 0 Å². The van der Waals surface area contributed by atoms with Crippen molar-refractivity contribution in [2.75, 3.05) is 20.6 Å². The molecule has 2 aromatic carbocycles. The Morgan fingerprint density at radius 2 is 1.77 bits per heavy atom. The number of rotatable bonds is 7. The molecular weight excluding hydrogens is 393 g/mol. The summed E-state index contributed by atoms with van der Waals surface area (Å²) < 4.78 is 8.07. The van der Waals surface area contributed by atoms with E-state index in [2.05, 4.69) is 23.6 Å². The van der Waals surface area contributed by atoms with Gasteiger partial charge in [0.2, 0.25) is 0 Å². The van der Waals surface area contributed by atoms with Gasteiger partial charge in [0.15, 0.2) is 0 Å². The van der Waals surface area contributed by atoms with Crippen LogP contribution in [0.4, 0.5) is 0 Å². The van der Waals surface area contributed by atoms with Crippen molar-refractivity contribution < 1.29 is 4.74 Å². The van der Waals surface area contributed by atoms with Crippen molar-refractivity contribution in [3.05, 3.63) is 57.3 Å². The molecule has 3 aromatic rings. The van der Waals surface area contributed by atoms with Crippen LogP contribution in [0.1, 0.15) is 12.2 Å². The second kappa shape index (κ2) is 8.49. The minimum atomic E-state index is 0.315. The van der Waals surface area contributed by atoms with E-state index in [-0.39, 0.29) is 0 Å². The van der Waals surface area contributed by atoms with E-state index >= 15 is 0 Å². The summed E-state index contributed by atoms with van der Waals surface area (Å²) in [5.74, 6) is 1.42. The Bertz CT molecular complexity index is 908. The van der Waals surface area contributed by atoms with Crippen LogP contribution in [0.3, 0.4) is 0 Å². The maximum Gasteiger partial charge on any atom is 0.148 e. The topological polar surface area (TPSA) is 30.3 Å². The molecule has 4 nitrogen and oxygen atoms in total. The molecule has 0 bridgehead atoms. The lowest BCUT2D eigenvalue weighted by atomic mass is 10.3. The molecule has 0 N–H and O–H groups in total. The van der Waals surface area contributed by atoms with E-state index in [1.165, 1.54) is 0 Å². The van der Waals surface area contributed by atoms with Gasteiger partial charge in [0.25, 0.3) is 0 Å². The van der Waals surface area contributed by atoms with Crippen LogP contribution in [-0.2, 0) is 13.2 Å². The molecule has 0 amide bonds.